The molecule has 1 aliphatic carbocycles. The molecule has 4 aliphatic rings. The Bertz CT molecular complexity index is 818. The van der Waals surface area contributed by atoms with Crippen molar-refractivity contribution in [2.24, 2.45) is 11.7 Å². The second-order valence-electron chi connectivity index (χ2n) is 8.01. The van der Waals surface area contributed by atoms with Crippen LogP contribution >= 0.6 is 0 Å². The third-order valence-electron chi connectivity index (χ3n) is 6.59. The number of hydrogen-bond acceptors (Lipinski definition) is 8. The van der Waals surface area contributed by atoms with Crippen LogP contribution in [0.1, 0.15) is 20.3 Å². The van der Waals surface area contributed by atoms with Crippen LogP contribution < -0.4 is 11.1 Å². The van der Waals surface area contributed by atoms with Crippen LogP contribution in [0.4, 0.5) is 4.79 Å². The third-order valence-corrected chi connectivity index (χ3v) is 6.59. The van der Waals surface area contributed by atoms with Gasteiger partial charge in [-0.15, -0.1) is 0 Å². The zero-order chi connectivity index (χ0) is 21.7. The number of piperazine rings is 1. The summed E-state index contributed by atoms with van der Waals surface area (Å²) >= 11 is 0. The van der Waals surface area contributed by atoms with Gasteiger partial charge in [0.1, 0.15) is 0 Å². The summed E-state index contributed by atoms with van der Waals surface area (Å²) in [7, 11) is 2.05. The number of primary amides is 1. The molecule has 29 heavy (non-hydrogen) atoms. The predicted octanol–water partition coefficient (Wildman–Crippen LogP) is -1.36. The second-order valence-corrected chi connectivity index (χ2v) is 8.01. The maximum Gasteiger partial charge on any atom is 0.402 e. The van der Waals surface area contributed by atoms with Crippen LogP contribution in [0.2, 0.25) is 0 Å². The maximum absolute atomic E-state index is 13.2. The lowest BCUT2D eigenvalue weighted by atomic mass is 9.78. The summed E-state index contributed by atoms with van der Waals surface area (Å²) in [4.78, 5) is 39.3. The van der Waals surface area contributed by atoms with E-state index in [1.165, 1.54) is 0 Å². The Labute approximate surface area is 168 Å². The molecule has 5 unspecified atom stereocenters. The van der Waals surface area contributed by atoms with Crippen molar-refractivity contribution in [2.45, 2.75) is 37.9 Å². The summed E-state index contributed by atoms with van der Waals surface area (Å²) in [6.45, 7) is 4.78. The number of aliphatic hydroxyl groups excluding tert-OH is 2. The summed E-state index contributed by atoms with van der Waals surface area (Å²) < 4.78 is 0. The fourth-order valence-corrected chi connectivity index (χ4v) is 5.19. The Morgan fingerprint density at radius 1 is 1.31 bits per heavy atom. The van der Waals surface area contributed by atoms with E-state index in [1.54, 1.807) is 6.92 Å². The van der Waals surface area contributed by atoms with E-state index in [0.717, 1.165) is 6.54 Å². The highest BCUT2D eigenvalue weighted by atomic mass is 16.4. The van der Waals surface area contributed by atoms with Crippen LogP contribution in [-0.4, -0.2) is 93.8 Å². The lowest BCUT2D eigenvalue weighted by molar-refractivity contribution is -0.117. The number of fused-ring (bicyclic) bond motifs is 4. The van der Waals surface area contributed by atoms with E-state index >= 15 is 0 Å². The van der Waals surface area contributed by atoms with Crippen molar-refractivity contribution < 1.29 is 29.7 Å². The standard InChI is InChI=1S/C18H25N3O4.CH3NO2/c1-9-13(19-5-4-6-22)16(25)12-10(8-23)18(2)17-11(20(17)3)7-21(18)14(12)15(9)24;2-1(3)4/h10-11,17,19,22-23H,4-8H2,1-3H3;2H2,(H,3,4). The summed E-state index contributed by atoms with van der Waals surface area (Å²) in [6.07, 6.45) is -0.827. The molecule has 10 nitrogen and oxygen atoms in total. The van der Waals surface area contributed by atoms with Gasteiger partial charge in [-0.2, -0.15) is 0 Å². The second kappa shape index (κ2) is 7.43. The SMILES string of the molecule is CC1=C(NCCCO)C(=O)C2=C(C1=O)N1CC3C(N3C)C1(C)C2CO.NC(=O)O. The highest BCUT2D eigenvalue weighted by Crippen LogP contribution is 2.58. The zero-order valence-electron chi connectivity index (χ0n) is 16.8. The fraction of sp³-hybridized carbons (Fsp3) is 0.632. The molecule has 2 saturated heterocycles. The topological polar surface area (TPSA) is 156 Å². The number of nitrogens with zero attached hydrogens (tertiary/aromatic N) is 2. The number of nitrogens with one attached hydrogen (secondary N) is 1. The third kappa shape index (κ3) is 3.02. The molecule has 10 heteroatoms. The van der Waals surface area contributed by atoms with Crippen LogP contribution in [0.25, 0.3) is 0 Å². The Kier molecular flexibility index (Phi) is 5.46. The van der Waals surface area contributed by atoms with Crippen molar-refractivity contribution in [1.29, 1.82) is 0 Å². The molecule has 4 rings (SSSR count). The molecule has 0 radical (unpaired) electrons. The largest absolute Gasteiger partial charge is 0.465 e. The number of Topliss-reactive ketones (excluding diaryl/α,β-unsaturated/α-hetero) is 2. The van der Waals surface area contributed by atoms with Crippen LogP contribution in [-0.2, 0) is 9.59 Å². The number of ketones is 2. The lowest BCUT2D eigenvalue weighted by Gasteiger charge is -2.39. The van der Waals surface area contributed by atoms with E-state index in [1.807, 2.05) is 0 Å². The Morgan fingerprint density at radius 3 is 2.48 bits per heavy atom. The van der Waals surface area contributed by atoms with Gasteiger partial charge in [0.05, 0.1) is 29.6 Å². The number of carbonyl (C=O) groups excluding carboxylic acids is 2. The molecule has 2 fully saturated rings. The normalized spacial score (nSPS) is 34.4. The van der Waals surface area contributed by atoms with Gasteiger partial charge in [-0.1, -0.05) is 0 Å². The van der Waals surface area contributed by atoms with Gasteiger partial charge in [0.2, 0.25) is 11.6 Å². The van der Waals surface area contributed by atoms with E-state index in [9.17, 15) is 14.7 Å². The Hall–Kier alpha value is -2.43. The molecule has 0 aromatic carbocycles. The average molecular weight is 408 g/mol. The molecule has 0 bridgehead atoms. The zero-order valence-corrected chi connectivity index (χ0v) is 16.8. The number of aliphatic hydroxyl groups is 2. The number of rotatable bonds is 5. The van der Waals surface area contributed by atoms with Gasteiger partial charge in [-0.25, -0.2) is 4.79 Å². The monoisotopic (exact) mass is 408 g/mol. The highest BCUT2D eigenvalue weighted by molar-refractivity contribution is 6.25. The molecular weight excluding hydrogens is 380 g/mol. The molecule has 1 amide bonds. The fourth-order valence-electron chi connectivity index (χ4n) is 5.19. The molecule has 160 valence electrons. The molecular formula is C19H28N4O6. The van der Waals surface area contributed by atoms with E-state index in [4.69, 9.17) is 15.0 Å². The number of allylic oxidation sites excluding steroid dienone is 2. The number of nitrogens with two attached hydrogens (primary N) is 1. The van der Waals surface area contributed by atoms with E-state index < -0.39 is 11.6 Å². The van der Waals surface area contributed by atoms with Gasteiger partial charge in [0.25, 0.3) is 0 Å². The quantitative estimate of drug-likeness (QED) is 0.211. The van der Waals surface area contributed by atoms with Crippen LogP contribution in [0.3, 0.4) is 0 Å². The van der Waals surface area contributed by atoms with E-state index in [2.05, 4.69) is 34.8 Å². The first-order valence-corrected chi connectivity index (χ1v) is 9.60. The van der Waals surface area contributed by atoms with Crippen molar-refractivity contribution >= 4 is 17.7 Å². The van der Waals surface area contributed by atoms with Crippen LogP contribution in [0.5, 0.6) is 0 Å². The Balaban J connectivity index is 0.000000552. The molecule has 0 saturated carbocycles. The summed E-state index contributed by atoms with van der Waals surface area (Å²) in [5.74, 6) is -0.659. The highest BCUT2D eigenvalue weighted by Gasteiger charge is 2.71. The van der Waals surface area contributed by atoms with Crippen molar-refractivity contribution in [3.8, 4) is 0 Å². The van der Waals surface area contributed by atoms with Crippen molar-refractivity contribution in [3.05, 3.63) is 22.5 Å². The minimum atomic E-state index is -1.33. The first kappa shape index (κ1) is 21.3. The molecule has 5 atom stereocenters. The van der Waals surface area contributed by atoms with Crippen LogP contribution in [0, 0.1) is 5.92 Å². The number of carbonyl (C=O) groups is 3. The van der Waals surface area contributed by atoms with Gasteiger partial charge < -0.3 is 31.3 Å². The summed E-state index contributed by atoms with van der Waals surface area (Å²) in [6, 6.07) is 0.659. The van der Waals surface area contributed by atoms with Gasteiger partial charge in [-0.3, -0.25) is 14.5 Å². The number of amides is 1. The number of carboxylic acid groups (broad SMARTS) is 1. The summed E-state index contributed by atoms with van der Waals surface area (Å²) in [5.41, 5.74) is 5.33. The minimum absolute atomic E-state index is 0.0237. The van der Waals surface area contributed by atoms with Gasteiger partial charge in [0.15, 0.2) is 0 Å². The van der Waals surface area contributed by atoms with Crippen LogP contribution in [0.15, 0.2) is 22.5 Å². The molecule has 3 heterocycles. The van der Waals surface area contributed by atoms with E-state index in [-0.39, 0.29) is 36.7 Å². The first-order valence-electron chi connectivity index (χ1n) is 9.60. The maximum atomic E-state index is 13.2. The van der Waals surface area contributed by atoms with Crippen molar-refractivity contribution in [3.63, 3.8) is 0 Å². The Morgan fingerprint density at radius 2 is 1.93 bits per heavy atom. The lowest BCUT2D eigenvalue weighted by Crippen LogP contribution is -2.51. The molecule has 0 aromatic heterocycles. The molecule has 6 N–H and O–H groups in total. The number of likely N-dealkylation sites (N-methyl/N-ethyl adjacent to an activating group) is 1. The van der Waals surface area contributed by atoms with Gasteiger partial charge in [0, 0.05) is 42.8 Å². The average Bonchev–Trinajstić information content (AvgIpc) is 3.06. The molecule has 3 aliphatic heterocycles. The molecule has 0 aromatic rings. The number of hydrogen-bond donors (Lipinski definition) is 5. The minimum Gasteiger partial charge on any atom is -0.465 e. The smallest absolute Gasteiger partial charge is 0.402 e. The van der Waals surface area contributed by atoms with Crippen molar-refractivity contribution in [1.82, 2.24) is 15.1 Å². The van der Waals surface area contributed by atoms with Gasteiger partial charge in [-0.05, 0) is 27.3 Å². The first-order chi connectivity index (χ1) is 13.6. The van der Waals surface area contributed by atoms with Gasteiger partial charge >= 0.3 is 6.09 Å². The van der Waals surface area contributed by atoms with Crippen molar-refractivity contribution in [2.75, 3.05) is 33.4 Å². The predicted molar refractivity (Wildman–Crippen MR) is 103 cm³/mol. The van der Waals surface area contributed by atoms with E-state index in [0.29, 0.717) is 41.5 Å². The summed E-state index contributed by atoms with van der Waals surface area (Å²) in [5, 5.41) is 29.3. The molecule has 0 spiro atoms.